The average molecular weight is 374 g/mol. The highest BCUT2D eigenvalue weighted by molar-refractivity contribution is 14.1. The first-order chi connectivity index (χ1) is 8.65. The van der Waals surface area contributed by atoms with Crippen LogP contribution < -0.4 is 0 Å². The molecule has 0 radical (unpaired) electrons. The van der Waals surface area contributed by atoms with E-state index in [4.69, 9.17) is 0 Å². The van der Waals surface area contributed by atoms with E-state index in [1.54, 1.807) is 0 Å². The zero-order valence-electron chi connectivity index (χ0n) is 10.7. The first kappa shape index (κ1) is 15.6. The van der Waals surface area contributed by atoms with Crippen molar-refractivity contribution < 1.29 is 4.21 Å². The molecule has 0 aliphatic rings. The van der Waals surface area contributed by atoms with Gasteiger partial charge in [-0.2, -0.15) is 0 Å². The predicted molar refractivity (Wildman–Crippen MR) is 88.4 cm³/mol. The maximum absolute atomic E-state index is 12.2. The second-order valence-corrected chi connectivity index (χ2v) is 7.51. The van der Waals surface area contributed by atoms with Crippen LogP contribution in [0.1, 0.15) is 31.2 Å². The van der Waals surface area contributed by atoms with E-state index < -0.39 is 10.8 Å². The molecule has 1 rings (SSSR count). The fourth-order valence-corrected chi connectivity index (χ4v) is 3.45. The van der Waals surface area contributed by atoms with Gasteiger partial charge < -0.3 is 0 Å². The molecule has 1 nitrogen and oxygen atoms in total. The Hall–Kier alpha value is -0.420. The Balaban J connectivity index is 2.52. The molecule has 0 bridgehead atoms. The molecule has 0 amide bonds. The summed E-state index contributed by atoms with van der Waals surface area (Å²) in [6.45, 7) is 5.74. The van der Waals surface area contributed by atoms with E-state index in [0.29, 0.717) is 0 Å². The molecular formula is C15H19IOS. The number of benzene rings is 1. The highest BCUT2D eigenvalue weighted by Gasteiger charge is 2.06. The Kier molecular flexibility index (Phi) is 7.51. The summed E-state index contributed by atoms with van der Waals surface area (Å²) in [5.41, 5.74) is 1.19. The minimum Gasteiger partial charge on any atom is -0.249 e. The van der Waals surface area contributed by atoms with Gasteiger partial charge in [-0.05, 0) is 67.3 Å². The standard InChI is InChI=1S/C15H19IOS/c1-3-4-5-6-7-8-15(16)18(17)14-11-9-13(2)10-12-14/h3,8-12H,1,4-7H2,2H3/b15-8+. The van der Waals surface area contributed by atoms with Crippen LogP contribution in [0.15, 0.2) is 50.8 Å². The molecule has 0 fully saturated rings. The number of aryl methyl sites for hydroxylation is 1. The topological polar surface area (TPSA) is 17.1 Å². The van der Waals surface area contributed by atoms with Crippen molar-refractivity contribution in [1.29, 1.82) is 0 Å². The summed E-state index contributed by atoms with van der Waals surface area (Å²) < 4.78 is 13.1. The second-order valence-electron chi connectivity index (χ2n) is 4.16. The molecule has 1 unspecified atom stereocenters. The third kappa shape index (κ3) is 5.48. The molecule has 98 valence electrons. The molecule has 1 aromatic carbocycles. The second kappa shape index (κ2) is 8.64. The highest BCUT2D eigenvalue weighted by atomic mass is 127. The first-order valence-electron chi connectivity index (χ1n) is 6.10. The van der Waals surface area contributed by atoms with Gasteiger partial charge in [0.1, 0.15) is 0 Å². The molecule has 0 spiro atoms. The van der Waals surface area contributed by atoms with Crippen LogP contribution in [0, 0.1) is 6.92 Å². The molecule has 0 aliphatic carbocycles. The zero-order valence-corrected chi connectivity index (χ0v) is 13.7. The quantitative estimate of drug-likeness (QED) is 0.368. The lowest BCUT2D eigenvalue weighted by molar-refractivity contribution is 0.688. The van der Waals surface area contributed by atoms with E-state index in [0.717, 1.165) is 33.5 Å². The number of halogens is 1. The maximum atomic E-state index is 12.2. The first-order valence-corrected chi connectivity index (χ1v) is 8.33. The van der Waals surface area contributed by atoms with Gasteiger partial charge in [0.15, 0.2) is 0 Å². The monoisotopic (exact) mass is 374 g/mol. The van der Waals surface area contributed by atoms with E-state index in [-0.39, 0.29) is 0 Å². The van der Waals surface area contributed by atoms with E-state index in [1.807, 2.05) is 37.3 Å². The van der Waals surface area contributed by atoms with Gasteiger partial charge in [0.05, 0.1) is 13.7 Å². The number of rotatable bonds is 7. The van der Waals surface area contributed by atoms with Crippen molar-refractivity contribution in [3.05, 3.63) is 51.5 Å². The minimum absolute atomic E-state index is 0.882. The Labute approximate surface area is 126 Å². The Bertz CT molecular complexity index is 434. The van der Waals surface area contributed by atoms with Crippen molar-refractivity contribution in [3.8, 4) is 0 Å². The smallest absolute Gasteiger partial charge is 0.0908 e. The number of unbranched alkanes of at least 4 members (excludes halogenated alkanes) is 3. The summed E-state index contributed by atoms with van der Waals surface area (Å²) in [7, 11) is -1.02. The van der Waals surface area contributed by atoms with Crippen LogP contribution in [0.5, 0.6) is 0 Å². The lowest BCUT2D eigenvalue weighted by Crippen LogP contribution is -1.90. The van der Waals surface area contributed by atoms with Crippen LogP contribution in [0.4, 0.5) is 0 Å². The Morgan fingerprint density at radius 3 is 2.50 bits per heavy atom. The van der Waals surface area contributed by atoms with Crippen LogP contribution >= 0.6 is 22.6 Å². The van der Waals surface area contributed by atoms with E-state index >= 15 is 0 Å². The van der Waals surface area contributed by atoms with E-state index in [1.165, 1.54) is 5.56 Å². The van der Waals surface area contributed by atoms with Crippen LogP contribution in [0.3, 0.4) is 0 Å². The molecule has 0 saturated carbocycles. The van der Waals surface area contributed by atoms with Crippen LogP contribution in [-0.4, -0.2) is 4.21 Å². The molecule has 0 aliphatic heterocycles. The molecule has 18 heavy (non-hydrogen) atoms. The summed E-state index contributed by atoms with van der Waals surface area (Å²) in [5.74, 6) is 0. The zero-order chi connectivity index (χ0) is 13.4. The normalized spacial score (nSPS) is 13.3. The number of hydrogen-bond donors (Lipinski definition) is 0. The van der Waals surface area contributed by atoms with Gasteiger partial charge in [-0.25, -0.2) is 4.21 Å². The fourth-order valence-electron chi connectivity index (χ4n) is 1.50. The van der Waals surface area contributed by atoms with Gasteiger partial charge in [0, 0.05) is 4.90 Å². The molecule has 0 N–H and O–H groups in total. The van der Waals surface area contributed by atoms with Gasteiger partial charge >= 0.3 is 0 Å². The summed E-state index contributed by atoms with van der Waals surface area (Å²) in [6, 6.07) is 7.88. The van der Waals surface area contributed by atoms with Crippen LogP contribution in [0.25, 0.3) is 0 Å². The number of allylic oxidation sites excluding steroid dienone is 2. The van der Waals surface area contributed by atoms with Crippen molar-refractivity contribution in [2.75, 3.05) is 0 Å². The number of hydrogen-bond acceptors (Lipinski definition) is 1. The van der Waals surface area contributed by atoms with Crippen molar-refractivity contribution in [2.45, 2.75) is 37.5 Å². The van der Waals surface area contributed by atoms with E-state index in [2.05, 4.69) is 35.2 Å². The summed E-state index contributed by atoms with van der Waals surface area (Å²) >= 11 is 2.18. The van der Waals surface area contributed by atoms with Crippen LogP contribution in [0.2, 0.25) is 0 Å². The third-order valence-corrected chi connectivity index (χ3v) is 5.44. The summed E-state index contributed by atoms with van der Waals surface area (Å²) in [4.78, 5) is 0.882. The highest BCUT2D eigenvalue weighted by Crippen LogP contribution is 2.21. The molecule has 1 aromatic rings. The molecule has 3 heteroatoms. The van der Waals surface area contributed by atoms with Crippen LogP contribution in [-0.2, 0) is 10.8 Å². The molecule has 0 heterocycles. The minimum atomic E-state index is -1.02. The van der Waals surface area contributed by atoms with Gasteiger partial charge in [0.25, 0.3) is 0 Å². The Morgan fingerprint density at radius 1 is 1.28 bits per heavy atom. The largest absolute Gasteiger partial charge is 0.249 e. The average Bonchev–Trinajstić information content (AvgIpc) is 2.38. The lowest BCUT2D eigenvalue weighted by atomic mass is 10.2. The van der Waals surface area contributed by atoms with Crippen molar-refractivity contribution in [1.82, 2.24) is 0 Å². The van der Waals surface area contributed by atoms with Crippen molar-refractivity contribution >= 4 is 33.4 Å². The van der Waals surface area contributed by atoms with Gasteiger partial charge in [-0.1, -0.05) is 29.8 Å². The Morgan fingerprint density at radius 2 is 1.89 bits per heavy atom. The molecule has 0 saturated heterocycles. The summed E-state index contributed by atoms with van der Waals surface area (Å²) in [6.07, 6.45) is 8.36. The molecule has 0 aromatic heterocycles. The maximum Gasteiger partial charge on any atom is 0.0908 e. The van der Waals surface area contributed by atoms with E-state index in [9.17, 15) is 4.21 Å². The summed E-state index contributed by atoms with van der Waals surface area (Å²) in [5, 5.41) is 0. The van der Waals surface area contributed by atoms with Gasteiger partial charge in [-0.15, -0.1) is 6.58 Å². The van der Waals surface area contributed by atoms with Gasteiger partial charge in [0.2, 0.25) is 0 Å². The third-order valence-electron chi connectivity index (χ3n) is 2.58. The van der Waals surface area contributed by atoms with Crippen molar-refractivity contribution in [3.63, 3.8) is 0 Å². The lowest BCUT2D eigenvalue weighted by Gasteiger charge is -2.02. The molecular weight excluding hydrogens is 355 g/mol. The van der Waals surface area contributed by atoms with Crippen molar-refractivity contribution in [2.24, 2.45) is 0 Å². The SMILES string of the molecule is C=CCCCC/C=C(\I)S(=O)c1ccc(C)cc1. The van der Waals surface area contributed by atoms with Gasteiger partial charge in [-0.3, -0.25) is 0 Å². The molecule has 1 atom stereocenters. The predicted octanol–water partition coefficient (Wildman–Crippen LogP) is 5.13. The fraction of sp³-hybridized carbons (Fsp3) is 0.333.